The molecule has 1 fully saturated rings. The van der Waals surface area contributed by atoms with Gasteiger partial charge in [0.15, 0.2) is 0 Å². The quantitative estimate of drug-likeness (QED) is 0.790. The van der Waals surface area contributed by atoms with Crippen LogP contribution >= 0.6 is 0 Å². The maximum absolute atomic E-state index is 9.74. The summed E-state index contributed by atoms with van der Waals surface area (Å²) in [6.07, 6.45) is 6.00. The summed E-state index contributed by atoms with van der Waals surface area (Å²) in [6, 6.07) is 9.15. The largest absolute Gasteiger partial charge is 0.396 e. The lowest BCUT2D eigenvalue weighted by molar-refractivity contribution is 0.124. The fraction of sp³-hybridized carbons (Fsp3) is 0.647. The topological polar surface area (TPSA) is 44.3 Å². The van der Waals surface area contributed by atoms with E-state index in [1.807, 2.05) is 0 Å². The van der Waals surface area contributed by atoms with Gasteiger partial charge in [-0.1, -0.05) is 37.1 Å². The predicted octanol–water partition coefficient (Wildman–Crippen LogP) is 2.36. The van der Waals surface area contributed by atoms with E-state index in [1.54, 1.807) is 0 Å². The zero-order valence-electron chi connectivity index (χ0n) is 12.2. The summed E-state index contributed by atoms with van der Waals surface area (Å²) in [5.74, 6) is 0. The first-order valence-corrected chi connectivity index (χ1v) is 7.96. The van der Waals surface area contributed by atoms with Gasteiger partial charge in [0.25, 0.3) is 0 Å². The molecular formula is C17H26N2O. The van der Waals surface area contributed by atoms with Gasteiger partial charge in [0.1, 0.15) is 0 Å². The lowest BCUT2D eigenvalue weighted by Gasteiger charge is -2.30. The Labute approximate surface area is 121 Å². The van der Waals surface area contributed by atoms with Gasteiger partial charge in [-0.05, 0) is 36.9 Å². The minimum atomic E-state index is 0.134. The van der Waals surface area contributed by atoms with Crippen molar-refractivity contribution >= 4 is 0 Å². The van der Waals surface area contributed by atoms with Gasteiger partial charge < -0.3 is 15.7 Å². The molecule has 1 aromatic rings. The Morgan fingerprint density at radius 3 is 2.85 bits per heavy atom. The fourth-order valence-corrected chi connectivity index (χ4v) is 3.73. The Bertz CT molecular complexity index is 440. The van der Waals surface area contributed by atoms with E-state index in [-0.39, 0.29) is 5.41 Å². The normalized spacial score (nSPS) is 25.1. The number of aliphatic hydroxyl groups excluding tert-OH is 1. The predicted molar refractivity (Wildman–Crippen MR) is 81.5 cm³/mol. The highest BCUT2D eigenvalue weighted by molar-refractivity contribution is 5.31. The molecule has 1 saturated carbocycles. The number of rotatable bonds is 4. The van der Waals surface area contributed by atoms with Crippen LogP contribution in [0, 0.1) is 5.41 Å². The SMILES string of the molecule is OCC1(CNC2CCNCc3ccccc32)CCCC1. The van der Waals surface area contributed by atoms with Crippen LogP contribution in [0.2, 0.25) is 0 Å². The van der Waals surface area contributed by atoms with Crippen molar-refractivity contribution in [2.45, 2.75) is 44.7 Å². The second-order valence-corrected chi connectivity index (χ2v) is 6.46. The molecule has 3 rings (SSSR count). The second kappa shape index (κ2) is 6.25. The number of fused-ring (bicyclic) bond motifs is 1. The molecule has 3 N–H and O–H groups in total. The molecule has 3 heteroatoms. The van der Waals surface area contributed by atoms with Crippen LogP contribution in [0.5, 0.6) is 0 Å². The molecule has 0 saturated heterocycles. The van der Waals surface area contributed by atoms with Crippen molar-refractivity contribution in [3.63, 3.8) is 0 Å². The first-order chi connectivity index (χ1) is 9.83. The summed E-state index contributed by atoms with van der Waals surface area (Å²) in [5, 5.41) is 17.0. The Hall–Kier alpha value is -0.900. The molecule has 110 valence electrons. The Morgan fingerprint density at radius 2 is 2.05 bits per heavy atom. The number of benzene rings is 1. The lowest BCUT2D eigenvalue weighted by Crippen LogP contribution is -2.37. The van der Waals surface area contributed by atoms with Gasteiger partial charge in [-0.3, -0.25) is 0 Å². The summed E-state index contributed by atoms with van der Waals surface area (Å²) in [6.45, 7) is 3.30. The standard InChI is InChI=1S/C17H26N2O/c20-13-17(8-3-4-9-17)12-19-16-7-10-18-11-14-5-1-2-6-15(14)16/h1-2,5-6,16,18-20H,3-4,7-13H2. The van der Waals surface area contributed by atoms with E-state index in [1.165, 1.54) is 36.8 Å². The molecule has 1 aliphatic carbocycles. The van der Waals surface area contributed by atoms with Crippen LogP contribution in [0.4, 0.5) is 0 Å². The molecule has 20 heavy (non-hydrogen) atoms. The fourth-order valence-electron chi connectivity index (χ4n) is 3.73. The first kappa shape index (κ1) is 14.1. The van der Waals surface area contributed by atoms with Crippen LogP contribution in [0.25, 0.3) is 0 Å². The van der Waals surface area contributed by atoms with Crippen LogP contribution in [0.15, 0.2) is 24.3 Å². The van der Waals surface area contributed by atoms with E-state index >= 15 is 0 Å². The van der Waals surface area contributed by atoms with Gasteiger partial charge >= 0.3 is 0 Å². The van der Waals surface area contributed by atoms with E-state index in [9.17, 15) is 5.11 Å². The maximum Gasteiger partial charge on any atom is 0.0499 e. The van der Waals surface area contributed by atoms with Gasteiger partial charge in [0, 0.05) is 31.2 Å². The smallest absolute Gasteiger partial charge is 0.0499 e. The average molecular weight is 274 g/mol. The van der Waals surface area contributed by atoms with Crippen molar-refractivity contribution in [2.75, 3.05) is 19.7 Å². The number of nitrogens with one attached hydrogen (secondary N) is 2. The maximum atomic E-state index is 9.74. The van der Waals surface area contributed by atoms with Crippen LogP contribution in [0.3, 0.4) is 0 Å². The van der Waals surface area contributed by atoms with Crippen molar-refractivity contribution in [1.29, 1.82) is 0 Å². The zero-order chi connectivity index (χ0) is 13.8. The van der Waals surface area contributed by atoms with Crippen molar-refractivity contribution in [3.8, 4) is 0 Å². The monoisotopic (exact) mass is 274 g/mol. The Kier molecular flexibility index (Phi) is 4.39. The Morgan fingerprint density at radius 1 is 1.25 bits per heavy atom. The average Bonchev–Trinajstić information content (AvgIpc) is 2.87. The van der Waals surface area contributed by atoms with Crippen molar-refractivity contribution in [1.82, 2.24) is 10.6 Å². The van der Waals surface area contributed by atoms with E-state index in [0.717, 1.165) is 26.1 Å². The number of hydrogen-bond acceptors (Lipinski definition) is 3. The van der Waals surface area contributed by atoms with Crippen LogP contribution < -0.4 is 10.6 Å². The molecule has 0 radical (unpaired) electrons. The molecule has 0 bridgehead atoms. The highest BCUT2D eigenvalue weighted by Crippen LogP contribution is 2.37. The number of hydrogen-bond donors (Lipinski definition) is 3. The highest BCUT2D eigenvalue weighted by atomic mass is 16.3. The molecule has 1 atom stereocenters. The third-order valence-electron chi connectivity index (χ3n) is 5.08. The molecule has 0 aromatic heterocycles. The highest BCUT2D eigenvalue weighted by Gasteiger charge is 2.33. The molecule has 1 unspecified atom stereocenters. The van der Waals surface area contributed by atoms with Gasteiger partial charge in [-0.25, -0.2) is 0 Å². The second-order valence-electron chi connectivity index (χ2n) is 6.46. The van der Waals surface area contributed by atoms with Crippen molar-refractivity contribution in [2.24, 2.45) is 5.41 Å². The van der Waals surface area contributed by atoms with E-state index in [4.69, 9.17) is 0 Å². The van der Waals surface area contributed by atoms with Gasteiger partial charge in [0.2, 0.25) is 0 Å². The summed E-state index contributed by atoms with van der Waals surface area (Å²) in [4.78, 5) is 0. The van der Waals surface area contributed by atoms with E-state index < -0.39 is 0 Å². The zero-order valence-corrected chi connectivity index (χ0v) is 12.2. The first-order valence-electron chi connectivity index (χ1n) is 7.96. The molecule has 2 aliphatic rings. The van der Waals surface area contributed by atoms with Gasteiger partial charge in [-0.15, -0.1) is 0 Å². The molecule has 1 heterocycles. The molecule has 3 nitrogen and oxygen atoms in total. The van der Waals surface area contributed by atoms with Crippen LogP contribution in [-0.2, 0) is 6.54 Å². The summed E-state index contributed by atoms with van der Waals surface area (Å²) >= 11 is 0. The lowest BCUT2D eigenvalue weighted by atomic mass is 9.86. The van der Waals surface area contributed by atoms with Crippen LogP contribution in [-0.4, -0.2) is 24.8 Å². The third-order valence-corrected chi connectivity index (χ3v) is 5.08. The molecule has 0 spiro atoms. The molecule has 1 aromatic carbocycles. The summed E-state index contributed by atoms with van der Waals surface area (Å²) in [7, 11) is 0. The molecular weight excluding hydrogens is 248 g/mol. The van der Waals surface area contributed by atoms with Crippen molar-refractivity contribution in [3.05, 3.63) is 35.4 Å². The van der Waals surface area contributed by atoms with E-state index in [2.05, 4.69) is 34.9 Å². The van der Waals surface area contributed by atoms with Crippen LogP contribution in [0.1, 0.15) is 49.3 Å². The van der Waals surface area contributed by atoms with Crippen molar-refractivity contribution < 1.29 is 5.11 Å². The third kappa shape index (κ3) is 2.90. The minimum Gasteiger partial charge on any atom is -0.396 e. The summed E-state index contributed by atoms with van der Waals surface area (Å²) < 4.78 is 0. The van der Waals surface area contributed by atoms with Gasteiger partial charge in [-0.2, -0.15) is 0 Å². The molecule has 1 aliphatic heterocycles. The molecule has 0 amide bonds. The summed E-state index contributed by atoms with van der Waals surface area (Å²) in [5.41, 5.74) is 2.98. The van der Waals surface area contributed by atoms with Gasteiger partial charge in [0.05, 0.1) is 0 Å². The minimum absolute atomic E-state index is 0.134. The number of aliphatic hydroxyl groups is 1. The van der Waals surface area contributed by atoms with E-state index in [0.29, 0.717) is 12.6 Å². The Balaban J connectivity index is 1.70.